The van der Waals surface area contributed by atoms with Crippen molar-refractivity contribution < 1.29 is 13.2 Å². The maximum absolute atomic E-state index is 12.6. The van der Waals surface area contributed by atoms with Gasteiger partial charge in [-0.15, -0.1) is 0 Å². The third-order valence-electron chi connectivity index (χ3n) is 5.26. The highest BCUT2D eigenvalue weighted by molar-refractivity contribution is 7.89. The predicted octanol–water partition coefficient (Wildman–Crippen LogP) is 3.81. The summed E-state index contributed by atoms with van der Waals surface area (Å²) < 4.78 is 25.8. The summed E-state index contributed by atoms with van der Waals surface area (Å²) >= 11 is 0. The van der Waals surface area contributed by atoms with Crippen LogP contribution in [-0.4, -0.2) is 23.9 Å². The highest BCUT2D eigenvalue weighted by atomic mass is 32.2. The van der Waals surface area contributed by atoms with Gasteiger partial charge in [0.05, 0.1) is 15.9 Å². The Balaban J connectivity index is 1.56. The van der Waals surface area contributed by atoms with Gasteiger partial charge in [-0.05, 0) is 48.4 Å². The number of nitrogens with one attached hydrogen (secondary N) is 1. The van der Waals surface area contributed by atoms with E-state index in [1.54, 1.807) is 12.1 Å². The number of aryl methyl sites for hydroxylation is 2. The topological polar surface area (TPSA) is 107 Å². The number of carbonyl (C=O) groups is 1. The van der Waals surface area contributed by atoms with Gasteiger partial charge in [-0.2, -0.15) is 0 Å². The predicted molar refractivity (Wildman–Crippen MR) is 125 cm³/mol. The monoisotopic (exact) mass is 448 g/mol. The summed E-state index contributed by atoms with van der Waals surface area (Å²) in [7, 11) is -3.87. The maximum Gasteiger partial charge on any atom is 0.238 e. The minimum Gasteiger partial charge on any atom is -0.326 e. The number of rotatable bonds is 7. The first-order chi connectivity index (χ1) is 15.4. The van der Waals surface area contributed by atoms with Crippen molar-refractivity contribution in [2.24, 2.45) is 5.14 Å². The van der Waals surface area contributed by atoms with Crippen molar-refractivity contribution in [1.82, 2.24) is 9.55 Å². The van der Waals surface area contributed by atoms with E-state index in [0.29, 0.717) is 24.1 Å². The third-order valence-corrected chi connectivity index (χ3v) is 6.25. The largest absolute Gasteiger partial charge is 0.326 e. The lowest BCUT2D eigenvalue weighted by molar-refractivity contribution is -0.116. The maximum atomic E-state index is 12.6. The molecule has 0 fully saturated rings. The van der Waals surface area contributed by atoms with Gasteiger partial charge in [-0.3, -0.25) is 9.36 Å². The lowest BCUT2D eigenvalue weighted by atomic mass is 10.1. The van der Waals surface area contributed by atoms with E-state index < -0.39 is 10.0 Å². The van der Waals surface area contributed by atoms with Gasteiger partial charge in [-0.25, -0.2) is 18.5 Å². The Morgan fingerprint density at radius 1 is 1.03 bits per heavy atom. The molecule has 0 saturated carbocycles. The van der Waals surface area contributed by atoms with Crippen LogP contribution in [0, 0.1) is 0 Å². The van der Waals surface area contributed by atoms with Crippen molar-refractivity contribution in [3.05, 3.63) is 84.2 Å². The summed E-state index contributed by atoms with van der Waals surface area (Å²) in [6.07, 6.45) is 1.14. The minimum absolute atomic E-state index is 0.0312. The molecule has 0 aliphatic heterocycles. The molecule has 164 valence electrons. The Morgan fingerprint density at radius 3 is 2.47 bits per heavy atom. The molecule has 0 saturated heterocycles. The molecule has 32 heavy (non-hydrogen) atoms. The lowest BCUT2D eigenvalue weighted by Crippen LogP contribution is -2.17. The summed E-state index contributed by atoms with van der Waals surface area (Å²) in [6.45, 7) is 1.85. The fraction of sp³-hybridized carbons (Fsp3) is 0.167. The number of primary sulfonamides is 1. The average molecular weight is 449 g/mol. The summed E-state index contributed by atoms with van der Waals surface area (Å²) in [5, 5.41) is 8.10. The second-order valence-electron chi connectivity index (χ2n) is 7.46. The molecular weight excluding hydrogens is 424 g/mol. The molecule has 0 atom stereocenters. The minimum atomic E-state index is -3.87. The van der Waals surface area contributed by atoms with Gasteiger partial charge in [-0.1, -0.05) is 43.3 Å². The van der Waals surface area contributed by atoms with Gasteiger partial charge in [0.25, 0.3) is 0 Å². The van der Waals surface area contributed by atoms with Crippen LogP contribution in [0.5, 0.6) is 0 Å². The van der Waals surface area contributed by atoms with Crippen molar-refractivity contribution in [3.8, 4) is 5.69 Å². The first-order valence-corrected chi connectivity index (χ1v) is 11.9. The molecule has 7 nitrogen and oxygen atoms in total. The van der Waals surface area contributed by atoms with Crippen molar-refractivity contribution in [3.63, 3.8) is 0 Å². The highest BCUT2D eigenvalue weighted by Crippen LogP contribution is 2.23. The molecule has 0 unspecified atom stereocenters. The molecule has 0 spiro atoms. The molecular formula is C24H24N4O3S. The zero-order valence-corrected chi connectivity index (χ0v) is 18.5. The normalized spacial score (nSPS) is 11.6. The molecule has 0 radical (unpaired) electrons. The molecule has 4 rings (SSSR count). The molecule has 1 heterocycles. The highest BCUT2D eigenvalue weighted by Gasteiger charge is 2.16. The zero-order chi connectivity index (χ0) is 22.7. The summed E-state index contributed by atoms with van der Waals surface area (Å²) in [4.78, 5) is 17.4. The van der Waals surface area contributed by atoms with Crippen LogP contribution in [0.4, 0.5) is 5.69 Å². The SMILES string of the molecule is CCc1ccc(NC(=O)CCc2nc3ccccc3n2-c2ccccc2)cc1S(N)(=O)=O. The van der Waals surface area contributed by atoms with E-state index in [9.17, 15) is 13.2 Å². The van der Waals surface area contributed by atoms with Crippen molar-refractivity contribution in [2.45, 2.75) is 31.1 Å². The average Bonchev–Trinajstić information content (AvgIpc) is 3.16. The van der Waals surface area contributed by atoms with Gasteiger partial charge in [0.2, 0.25) is 15.9 Å². The molecule has 3 N–H and O–H groups in total. The number of para-hydroxylation sites is 3. The van der Waals surface area contributed by atoms with Crippen molar-refractivity contribution in [2.75, 3.05) is 5.32 Å². The van der Waals surface area contributed by atoms with Crippen molar-refractivity contribution in [1.29, 1.82) is 0 Å². The summed E-state index contributed by atoms with van der Waals surface area (Å²) in [6, 6.07) is 22.5. The van der Waals surface area contributed by atoms with E-state index >= 15 is 0 Å². The summed E-state index contributed by atoms with van der Waals surface area (Å²) in [5.41, 5.74) is 3.82. The number of amides is 1. The Morgan fingerprint density at radius 2 is 1.75 bits per heavy atom. The number of hydrogen-bond donors (Lipinski definition) is 2. The van der Waals surface area contributed by atoms with E-state index in [2.05, 4.69) is 9.88 Å². The van der Waals surface area contributed by atoms with E-state index in [-0.39, 0.29) is 17.2 Å². The second kappa shape index (κ2) is 8.94. The van der Waals surface area contributed by atoms with Crippen LogP contribution in [0.1, 0.15) is 24.7 Å². The molecule has 0 aliphatic carbocycles. The van der Waals surface area contributed by atoms with Gasteiger partial charge in [0, 0.05) is 24.2 Å². The summed E-state index contributed by atoms with van der Waals surface area (Å²) in [5.74, 6) is 0.542. The Hall–Kier alpha value is -3.49. The molecule has 3 aromatic carbocycles. The molecule has 4 aromatic rings. The van der Waals surface area contributed by atoms with Gasteiger partial charge < -0.3 is 5.32 Å². The van der Waals surface area contributed by atoms with E-state index in [1.807, 2.05) is 61.5 Å². The Kier molecular flexibility index (Phi) is 6.07. The number of carbonyl (C=O) groups excluding carboxylic acids is 1. The number of benzene rings is 3. The van der Waals surface area contributed by atoms with Crippen LogP contribution in [-0.2, 0) is 27.7 Å². The number of aromatic nitrogens is 2. The zero-order valence-electron chi connectivity index (χ0n) is 17.7. The molecule has 0 bridgehead atoms. The number of imidazole rings is 1. The molecule has 0 aliphatic rings. The number of hydrogen-bond acceptors (Lipinski definition) is 4. The molecule has 1 amide bonds. The van der Waals surface area contributed by atoms with Crippen LogP contribution < -0.4 is 10.5 Å². The lowest BCUT2D eigenvalue weighted by Gasteiger charge is -2.11. The fourth-order valence-corrected chi connectivity index (χ4v) is 4.62. The van der Waals surface area contributed by atoms with Gasteiger partial charge >= 0.3 is 0 Å². The van der Waals surface area contributed by atoms with Crippen LogP contribution in [0.15, 0.2) is 77.7 Å². The molecule has 1 aromatic heterocycles. The first-order valence-electron chi connectivity index (χ1n) is 10.3. The number of nitrogens with two attached hydrogens (primary N) is 1. The Labute approximate surface area is 187 Å². The number of nitrogens with zero attached hydrogens (tertiary/aromatic N) is 2. The van der Waals surface area contributed by atoms with E-state index in [0.717, 1.165) is 22.5 Å². The van der Waals surface area contributed by atoms with Gasteiger partial charge in [0.15, 0.2) is 0 Å². The third kappa shape index (κ3) is 4.56. The van der Waals surface area contributed by atoms with Crippen LogP contribution in [0.3, 0.4) is 0 Å². The number of fused-ring (bicyclic) bond motifs is 1. The van der Waals surface area contributed by atoms with Gasteiger partial charge in [0.1, 0.15) is 5.82 Å². The van der Waals surface area contributed by atoms with E-state index in [1.165, 1.54) is 6.07 Å². The standard InChI is InChI=1S/C24H24N4O3S/c1-2-17-12-13-18(16-22(17)32(25,30)31)26-24(29)15-14-23-27-20-10-6-7-11-21(20)28(23)19-8-4-3-5-9-19/h3-13,16H,2,14-15H2,1H3,(H,26,29)(H2,25,30,31). The second-order valence-corrected chi connectivity index (χ2v) is 8.99. The Bertz CT molecular complexity index is 1380. The number of sulfonamides is 1. The number of anilines is 1. The molecule has 8 heteroatoms. The smallest absolute Gasteiger partial charge is 0.238 e. The van der Waals surface area contributed by atoms with Crippen LogP contribution in [0.25, 0.3) is 16.7 Å². The first kappa shape index (κ1) is 21.7. The van der Waals surface area contributed by atoms with Crippen LogP contribution in [0.2, 0.25) is 0 Å². The van der Waals surface area contributed by atoms with E-state index in [4.69, 9.17) is 10.1 Å². The van der Waals surface area contributed by atoms with Crippen LogP contribution >= 0.6 is 0 Å². The quantitative estimate of drug-likeness (QED) is 0.448. The fourth-order valence-electron chi connectivity index (χ4n) is 3.75. The van der Waals surface area contributed by atoms with Crippen molar-refractivity contribution >= 4 is 32.7 Å².